The minimum Gasteiger partial charge on any atom is -0.493 e. The highest BCUT2D eigenvalue weighted by Gasteiger charge is 2.17. The van der Waals surface area contributed by atoms with E-state index in [1.807, 2.05) is 0 Å². The number of hydrogen-bond donors (Lipinski definition) is 1. The van der Waals surface area contributed by atoms with E-state index in [-0.39, 0.29) is 10.2 Å². The fraction of sp³-hybridized carbons (Fsp3) is 0.400. The van der Waals surface area contributed by atoms with Crippen LogP contribution in [-0.2, 0) is 6.42 Å². The molecule has 0 amide bonds. The second-order valence-electron chi connectivity index (χ2n) is 3.07. The van der Waals surface area contributed by atoms with Crippen molar-refractivity contribution in [1.29, 1.82) is 0 Å². The Labute approximate surface area is 95.5 Å². The molecule has 1 rings (SSSR count). The molecule has 1 aromatic carbocycles. The largest absolute Gasteiger partial charge is 0.493 e. The normalized spacial score (nSPS) is 10.5. The fourth-order valence-corrected chi connectivity index (χ4v) is 1.78. The molecule has 0 aromatic heterocycles. The molecule has 84 valence electrons. The second kappa shape index (κ2) is 5.42. The summed E-state index contributed by atoms with van der Waals surface area (Å²) in [7, 11) is 1.32. The Hall–Kier alpha value is -0.680. The first kappa shape index (κ1) is 12.4. The third-order valence-electron chi connectivity index (χ3n) is 2.05. The van der Waals surface area contributed by atoms with Gasteiger partial charge >= 0.3 is 0 Å². The van der Waals surface area contributed by atoms with Crippen LogP contribution in [0.25, 0.3) is 0 Å². The molecule has 15 heavy (non-hydrogen) atoms. The molecule has 0 heterocycles. The van der Waals surface area contributed by atoms with E-state index in [0.717, 1.165) is 0 Å². The highest BCUT2D eigenvalue weighted by atomic mass is 79.9. The summed E-state index contributed by atoms with van der Waals surface area (Å²) in [5.74, 6) is -1.92. The first-order valence-corrected chi connectivity index (χ1v) is 5.31. The Morgan fingerprint density at radius 2 is 2.07 bits per heavy atom. The van der Waals surface area contributed by atoms with Gasteiger partial charge in [-0.3, -0.25) is 0 Å². The molecule has 1 aromatic rings. The van der Waals surface area contributed by atoms with Crippen molar-refractivity contribution in [3.63, 3.8) is 0 Å². The zero-order chi connectivity index (χ0) is 11.4. The van der Waals surface area contributed by atoms with Crippen molar-refractivity contribution in [1.82, 2.24) is 0 Å². The van der Waals surface area contributed by atoms with Crippen molar-refractivity contribution in [3.8, 4) is 5.75 Å². The van der Waals surface area contributed by atoms with Crippen molar-refractivity contribution >= 4 is 15.9 Å². The highest BCUT2D eigenvalue weighted by Crippen LogP contribution is 2.31. The van der Waals surface area contributed by atoms with Crippen LogP contribution in [-0.4, -0.2) is 13.7 Å². The average molecular weight is 280 g/mol. The van der Waals surface area contributed by atoms with E-state index in [1.165, 1.54) is 13.2 Å². The number of halogens is 3. The van der Waals surface area contributed by atoms with Crippen LogP contribution in [0, 0.1) is 11.6 Å². The lowest BCUT2D eigenvalue weighted by atomic mass is 10.1. The van der Waals surface area contributed by atoms with Crippen molar-refractivity contribution in [3.05, 3.63) is 27.7 Å². The third-order valence-corrected chi connectivity index (χ3v) is 2.63. The van der Waals surface area contributed by atoms with Crippen LogP contribution < -0.4 is 10.5 Å². The van der Waals surface area contributed by atoms with E-state index in [1.54, 1.807) is 0 Å². The summed E-state index contributed by atoms with van der Waals surface area (Å²) in [5.41, 5.74) is 5.97. The number of aryl methyl sites for hydroxylation is 1. The highest BCUT2D eigenvalue weighted by molar-refractivity contribution is 9.10. The fourth-order valence-electron chi connectivity index (χ4n) is 1.33. The molecule has 0 radical (unpaired) electrons. The number of nitrogens with two attached hydrogens (primary N) is 1. The third kappa shape index (κ3) is 2.66. The summed E-state index contributed by atoms with van der Waals surface area (Å²) in [5, 5.41) is 0. The maximum atomic E-state index is 13.4. The number of ether oxygens (including phenoxy) is 1. The smallest absolute Gasteiger partial charge is 0.202 e. The molecule has 0 aliphatic heterocycles. The molecule has 0 bridgehead atoms. The minimum atomic E-state index is -0.959. The van der Waals surface area contributed by atoms with Crippen LogP contribution in [0.15, 0.2) is 10.5 Å². The molecule has 0 saturated carbocycles. The van der Waals surface area contributed by atoms with Crippen LogP contribution in [0.1, 0.15) is 12.0 Å². The second-order valence-corrected chi connectivity index (χ2v) is 3.93. The lowest BCUT2D eigenvalue weighted by Gasteiger charge is -2.10. The predicted molar refractivity (Wildman–Crippen MR) is 58.0 cm³/mol. The maximum absolute atomic E-state index is 13.4. The SMILES string of the molecule is COc1c(CCCN)cc(Br)c(F)c1F. The van der Waals surface area contributed by atoms with Crippen molar-refractivity contribution in [2.45, 2.75) is 12.8 Å². The summed E-state index contributed by atoms with van der Waals surface area (Å²) in [4.78, 5) is 0. The minimum absolute atomic E-state index is 0.0378. The average Bonchev–Trinajstić information content (AvgIpc) is 2.23. The molecule has 5 heteroatoms. The Kier molecular flexibility index (Phi) is 4.47. The van der Waals surface area contributed by atoms with E-state index < -0.39 is 11.6 Å². The van der Waals surface area contributed by atoms with Gasteiger partial charge < -0.3 is 10.5 Å². The molecule has 0 atom stereocenters. The van der Waals surface area contributed by atoms with Crippen molar-refractivity contribution < 1.29 is 13.5 Å². The van der Waals surface area contributed by atoms with Crippen LogP contribution in [0.2, 0.25) is 0 Å². The van der Waals surface area contributed by atoms with Gasteiger partial charge in [-0.1, -0.05) is 0 Å². The number of methoxy groups -OCH3 is 1. The standard InChI is InChI=1S/C10H12BrF2NO/c1-15-10-6(3-2-4-14)5-7(11)8(12)9(10)13/h5H,2-4,14H2,1H3. The first-order chi connectivity index (χ1) is 7.11. The molecule has 0 aliphatic rings. The lowest BCUT2D eigenvalue weighted by Crippen LogP contribution is -2.04. The Morgan fingerprint density at radius 1 is 1.40 bits per heavy atom. The quantitative estimate of drug-likeness (QED) is 0.860. The summed E-state index contributed by atoms with van der Waals surface area (Å²) in [6, 6.07) is 1.52. The van der Waals surface area contributed by atoms with Crippen LogP contribution >= 0.6 is 15.9 Å². The Balaban J connectivity index is 3.13. The van der Waals surface area contributed by atoms with E-state index in [2.05, 4.69) is 15.9 Å². The lowest BCUT2D eigenvalue weighted by molar-refractivity contribution is 0.365. The van der Waals surface area contributed by atoms with Crippen molar-refractivity contribution in [2.75, 3.05) is 13.7 Å². The van der Waals surface area contributed by atoms with Gasteiger partial charge in [-0.2, -0.15) is 4.39 Å². The van der Waals surface area contributed by atoms with E-state index in [0.29, 0.717) is 24.9 Å². The molecular formula is C10H12BrF2NO. The maximum Gasteiger partial charge on any atom is 0.202 e. The van der Waals surface area contributed by atoms with Gasteiger partial charge in [0.05, 0.1) is 11.6 Å². The van der Waals surface area contributed by atoms with Crippen LogP contribution in [0.3, 0.4) is 0 Å². The van der Waals surface area contributed by atoms with Gasteiger partial charge in [-0.25, -0.2) is 4.39 Å². The van der Waals surface area contributed by atoms with Gasteiger partial charge in [-0.15, -0.1) is 0 Å². The van der Waals surface area contributed by atoms with E-state index in [9.17, 15) is 8.78 Å². The van der Waals surface area contributed by atoms with Gasteiger partial charge in [0.15, 0.2) is 11.6 Å². The molecular weight excluding hydrogens is 268 g/mol. The molecule has 0 saturated heterocycles. The van der Waals surface area contributed by atoms with Gasteiger partial charge in [0, 0.05) is 0 Å². The van der Waals surface area contributed by atoms with Gasteiger partial charge in [-0.05, 0) is 46.9 Å². The first-order valence-electron chi connectivity index (χ1n) is 4.52. The molecule has 0 spiro atoms. The van der Waals surface area contributed by atoms with E-state index >= 15 is 0 Å². The summed E-state index contributed by atoms with van der Waals surface area (Å²) >= 11 is 2.95. The molecule has 0 unspecified atom stereocenters. The summed E-state index contributed by atoms with van der Waals surface area (Å²) in [6.45, 7) is 0.500. The van der Waals surface area contributed by atoms with Crippen LogP contribution in [0.5, 0.6) is 5.75 Å². The van der Waals surface area contributed by atoms with Gasteiger partial charge in [0.1, 0.15) is 0 Å². The Bertz CT molecular complexity index is 358. The number of benzene rings is 1. The number of hydrogen-bond acceptors (Lipinski definition) is 2. The Morgan fingerprint density at radius 3 is 2.60 bits per heavy atom. The topological polar surface area (TPSA) is 35.2 Å². The van der Waals surface area contributed by atoms with Crippen molar-refractivity contribution in [2.24, 2.45) is 5.73 Å². The molecule has 2 N–H and O–H groups in total. The van der Waals surface area contributed by atoms with Gasteiger partial charge in [0.25, 0.3) is 0 Å². The molecule has 0 fully saturated rings. The number of rotatable bonds is 4. The molecule has 2 nitrogen and oxygen atoms in total. The zero-order valence-corrected chi connectivity index (χ0v) is 9.90. The summed E-state index contributed by atoms with van der Waals surface area (Å²) < 4.78 is 31.5. The monoisotopic (exact) mass is 279 g/mol. The van der Waals surface area contributed by atoms with Crippen LogP contribution in [0.4, 0.5) is 8.78 Å². The van der Waals surface area contributed by atoms with E-state index in [4.69, 9.17) is 10.5 Å². The zero-order valence-electron chi connectivity index (χ0n) is 8.32. The van der Waals surface area contributed by atoms with Gasteiger partial charge in [0.2, 0.25) is 5.82 Å². The molecule has 0 aliphatic carbocycles. The predicted octanol–water partition coefficient (Wildman–Crippen LogP) is 2.63. The summed E-state index contributed by atoms with van der Waals surface area (Å²) in [6.07, 6.45) is 1.27.